The second kappa shape index (κ2) is 4.33. The van der Waals surface area contributed by atoms with Crippen LogP contribution in [0.15, 0.2) is 22.6 Å². The van der Waals surface area contributed by atoms with Gasteiger partial charge in [0.25, 0.3) is 0 Å². The van der Waals surface area contributed by atoms with Crippen LogP contribution in [-0.2, 0) is 4.74 Å². The third-order valence-electron chi connectivity index (χ3n) is 2.14. The summed E-state index contributed by atoms with van der Waals surface area (Å²) in [6.07, 6.45) is -0.484. The fourth-order valence-electron chi connectivity index (χ4n) is 1.54. The quantitative estimate of drug-likeness (QED) is 0.839. The highest BCUT2D eigenvalue weighted by Gasteiger charge is 2.16. The number of nitrogens with one attached hydrogen (secondary N) is 1. The largest absolute Gasteiger partial charge is 0.444 e. The lowest BCUT2D eigenvalue weighted by Gasteiger charge is -2.19. The molecule has 18 heavy (non-hydrogen) atoms. The zero-order valence-corrected chi connectivity index (χ0v) is 10.9. The first-order valence-electron chi connectivity index (χ1n) is 5.71. The van der Waals surface area contributed by atoms with Crippen LogP contribution in [0.1, 0.15) is 26.7 Å². The van der Waals surface area contributed by atoms with Gasteiger partial charge in [0.1, 0.15) is 11.1 Å². The number of carbonyl (C=O) groups excluding carboxylic acids is 1. The van der Waals surface area contributed by atoms with Gasteiger partial charge in [0.2, 0.25) is 0 Å². The minimum absolute atomic E-state index is 0.484. The van der Waals surface area contributed by atoms with Crippen molar-refractivity contribution in [3.8, 4) is 0 Å². The number of anilines is 1. The second-order valence-corrected chi connectivity index (χ2v) is 5.04. The molecule has 0 aliphatic carbocycles. The fourth-order valence-corrected chi connectivity index (χ4v) is 1.54. The van der Waals surface area contributed by atoms with E-state index in [2.05, 4.69) is 10.3 Å². The van der Waals surface area contributed by atoms with Gasteiger partial charge in [-0.25, -0.2) is 9.78 Å². The van der Waals surface area contributed by atoms with Gasteiger partial charge in [-0.15, -0.1) is 0 Å². The molecule has 2 rings (SSSR count). The summed E-state index contributed by atoms with van der Waals surface area (Å²) in [7, 11) is 0. The number of amides is 1. The van der Waals surface area contributed by atoms with E-state index in [1.165, 1.54) is 0 Å². The molecule has 1 aromatic carbocycles. The van der Waals surface area contributed by atoms with Gasteiger partial charge in [0.05, 0.1) is 0 Å². The number of benzene rings is 1. The number of hydrogen-bond donors (Lipinski definition) is 1. The number of hydrogen-bond acceptors (Lipinski definition) is 4. The minimum atomic E-state index is -0.515. The number of aromatic nitrogens is 1. The average molecular weight is 248 g/mol. The van der Waals surface area contributed by atoms with Gasteiger partial charge in [-0.3, -0.25) is 5.32 Å². The average Bonchev–Trinajstić information content (AvgIpc) is 2.53. The van der Waals surface area contributed by atoms with E-state index in [9.17, 15) is 4.79 Å². The predicted octanol–water partition coefficient (Wildman–Crippen LogP) is 3.48. The lowest BCUT2D eigenvalue weighted by molar-refractivity contribution is 0.0636. The van der Waals surface area contributed by atoms with Crippen molar-refractivity contribution >= 4 is 22.9 Å². The normalized spacial score (nSPS) is 11.6. The van der Waals surface area contributed by atoms with Crippen LogP contribution in [0, 0.1) is 6.92 Å². The Hall–Kier alpha value is -2.04. The molecule has 2 aromatic rings. The van der Waals surface area contributed by atoms with Gasteiger partial charge in [-0.05, 0) is 39.0 Å². The summed E-state index contributed by atoms with van der Waals surface area (Å²) in [5, 5.41) is 2.66. The van der Waals surface area contributed by atoms with E-state index >= 15 is 0 Å². The Morgan fingerprint density at radius 3 is 2.78 bits per heavy atom. The maximum atomic E-state index is 11.6. The molecule has 0 aliphatic rings. The first-order valence-corrected chi connectivity index (χ1v) is 5.71. The van der Waals surface area contributed by atoms with Gasteiger partial charge in [0, 0.05) is 12.6 Å². The van der Waals surface area contributed by atoms with Crippen molar-refractivity contribution in [1.82, 2.24) is 4.98 Å². The smallest absolute Gasteiger partial charge is 0.412 e. The maximum absolute atomic E-state index is 11.6. The van der Waals surface area contributed by atoms with Crippen LogP contribution in [0.4, 0.5) is 10.5 Å². The fraction of sp³-hybridized carbons (Fsp3) is 0.385. The number of oxazole rings is 1. The Balaban J connectivity index is 2.14. The Labute approximate surface area is 105 Å². The molecule has 0 saturated carbocycles. The van der Waals surface area contributed by atoms with Crippen LogP contribution in [-0.4, -0.2) is 16.7 Å². The number of nitrogens with zero attached hydrogens (tertiary/aromatic N) is 1. The van der Waals surface area contributed by atoms with E-state index in [4.69, 9.17) is 9.15 Å². The van der Waals surface area contributed by atoms with Crippen molar-refractivity contribution in [1.29, 1.82) is 0 Å². The van der Waals surface area contributed by atoms with Crippen molar-refractivity contribution in [2.24, 2.45) is 0 Å². The molecule has 0 atom stereocenters. The van der Waals surface area contributed by atoms with Crippen LogP contribution >= 0.6 is 0 Å². The molecule has 1 heterocycles. The van der Waals surface area contributed by atoms with Gasteiger partial charge < -0.3 is 9.15 Å². The number of carbonyl (C=O) groups is 1. The molecule has 1 amide bonds. The Bertz CT molecular complexity index is 581. The topological polar surface area (TPSA) is 64.4 Å². The van der Waals surface area contributed by atoms with E-state index < -0.39 is 11.7 Å². The molecule has 5 heteroatoms. The molecule has 0 radical (unpaired) electrons. The van der Waals surface area contributed by atoms with E-state index in [0.29, 0.717) is 22.7 Å². The highest BCUT2D eigenvalue weighted by atomic mass is 16.6. The van der Waals surface area contributed by atoms with Crippen LogP contribution in [0.2, 0.25) is 0 Å². The third-order valence-corrected chi connectivity index (χ3v) is 2.14. The first kappa shape index (κ1) is 12.4. The molecule has 5 nitrogen and oxygen atoms in total. The molecule has 0 unspecified atom stereocenters. The van der Waals surface area contributed by atoms with Crippen LogP contribution in [0.3, 0.4) is 0 Å². The second-order valence-electron chi connectivity index (χ2n) is 5.04. The van der Waals surface area contributed by atoms with Crippen molar-refractivity contribution in [3.05, 3.63) is 24.1 Å². The summed E-state index contributed by atoms with van der Waals surface area (Å²) in [6, 6.07) is 5.26. The number of aryl methyl sites for hydroxylation is 1. The van der Waals surface area contributed by atoms with E-state index in [1.807, 2.05) is 20.8 Å². The molecular formula is C13H16N2O3. The highest BCUT2D eigenvalue weighted by molar-refractivity contribution is 5.88. The lowest BCUT2D eigenvalue weighted by atomic mass is 10.2. The monoisotopic (exact) mass is 248 g/mol. The summed E-state index contributed by atoms with van der Waals surface area (Å²) in [5.74, 6) is 0.597. The zero-order valence-electron chi connectivity index (χ0n) is 10.9. The molecular weight excluding hydrogens is 232 g/mol. The van der Waals surface area contributed by atoms with Crippen molar-refractivity contribution in [2.45, 2.75) is 33.3 Å². The van der Waals surface area contributed by atoms with Crippen molar-refractivity contribution < 1.29 is 13.9 Å². The van der Waals surface area contributed by atoms with Crippen molar-refractivity contribution in [2.75, 3.05) is 5.32 Å². The standard InChI is InChI=1S/C13H16N2O3/c1-8-14-10-7-9(5-6-11(10)17-8)15-12(16)18-13(2,3)4/h5-7H,1-4H3,(H,15,16). The summed E-state index contributed by atoms with van der Waals surface area (Å²) < 4.78 is 10.5. The van der Waals surface area contributed by atoms with Crippen molar-refractivity contribution in [3.63, 3.8) is 0 Å². The molecule has 1 aromatic heterocycles. The SMILES string of the molecule is Cc1nc2cc(NC(=O)OC(C)(C)C)ccc2o1. The summed E-state index contributed by atoms with van der Waals surface area (Å²) in [6.45, 7) is 7.23. The molecule has 0 saturated heterocycles. The van der Waals surface area contributed by atoms with E-state index in [0.717, 1.165) is 0 Å². The Morgan fingerprint density at radius 2 is 2.11 bits per heavy atom. The number of fused-ring (bicyclic) bond motifs is 1. The predicted molar refractivity (Wildman–Crippen MR) is 68.6 cm³/mol. The molecule has 0 bridgehead atoms. The number of rotatable bonds is 1. The van der Waals surface area contributed by atoms with Gasteiger partial charge >= 0.3 is 6.09 Å². The lowest BCUT2D eigenvalue weighted by Crippen LogP contribution is -2.27. The maximum Gasteiger partial charge on any atom is 0.412 e. The molecule has 0 aliphatic heterocycles. The van der Waals surface area contributed by atoms with Gasteiger partial charge in [-0.1, -0.05) is 0 Å². The Morgan fingerprint density at radius 1 is 1.39 bits per heavy atom. The van der Waals surface area contributed by atoms with Gasteiger partial charge in [-0.2, -0.15) is 0 Å². The molecule has 1 N–H and O–H groups in total. The molecule has 96 valence electrons. The summed E-state index contributed by atoms with van der Waals surface area (Å²) in [4.78, 5) is 15.8. The van der Waals surface area contributed by atoms with Gasteiger partial charge in [0.15, 0.2) is 11.5 Å². The minimum Gasteiger partial charge on any atom is -0.444 e. The Kier molecular flexibility index (Phi) is 2.98. The highest BCUT2D eigenvalue weighted by Crippen LogP contribution is 2.20. The summed E-state index contributed by atoms with van der Waals surface area (Å²) >= 11 is 0. The van der Waals surface area contributed by atoms with Crippen LogP contribution in [0.25, 0.3) is 11.1 Å². The molecule has 0 fully saturated rings. The summed E-state index contributed by atoms with van der Waals surface area (Å²) in [5.41, 5.74) is 1.52. The zero-order chi connectivity index (χ0) is 13.3. The van der Waals surface area contributed by atoms with E-state index in [-0.39, 0.29) is 0 Å². The number of ether oxygens (including phenoxy) is 1. The molecule has 0 spiro atoms. The van der Waals surface area contributed by atoms with E-state index in [1.54, 1.807) is 25.1 Å². The van der Waals surface area contributed by atoms with Crippen LogP contribution in [0.5, 0.6) is 0 Å². The first-order chi connectivity index (χ1) is 8.33. The third kappa shape index (κ3) is 3.00. The van der Waals surface area contributed by atoms with Crippen LogP contribution < -0.4 is 5.32 Å².